The van der Waals surface area contributed by atoms with Crippen LogP contribution in [0.15, 0.2) is 22.7 Å². The molecule has 0 aliphatic carbocycles. The maximum atomic E-state index is 9.99. The largest absolute Gasteiger partial charge is 0.504 e. The SMILES string of the molecule is COc1ccc(Br)c(-c2cc(N)n[nH]2)c1O. The van der Waals surface area contributed by atoms with Crippen LogP contribution < -0.4 is 10.5 Å². The standard InChI is InChI=1S/C10H10BrN3O2/c1-16-7-3-2-5(11)9(10(7)15)6-4-8(12)14-13-6/h2-4,15H,1H3,(H3,12,13,14). The number of nitrogens with two attached hydrogens (primary N) is 1. The fourth-order valence-corrected chi connectivity index (χ4v) is 1.97. The first-order valence-corrected chi connectivity index (χ1v) is 5.29. The van der Waals surface area contributed by atoms with Gasteiger partial charge in [-0.15, -0.1) is 0 Å². The lowest BCUT2D eigenvalue weighted by Crippen LogP contribution is -1.88. The zero-order chi connectivity index (χ0) is 11.7. The summed E-state index contributed by atoms with van der Waals surface area (Å²) in [7, 11) is 1.49. The van der Waals surface area contributed by atoms with Gasteiger partial charge in [-0.05, 0) is 28.1 Å². The molecule has 0 saturated heterocycles. The molecule has 2 aromatic rings. The summed E-state index contributed by atoms with van der Waals surface area (Å²) in [6.45, 7) is 0. The van der Waals surface area contributed by atoms with Crippen molar-refractivity contribution in [2.24, 2.45) is 0 Å². The van der Waals surface area contributed by atoms with E-state index in [1.165, 1.54) is 7.11 Å². The molecule has 0 bridgehead atoms. The van der Waals surface area contributed by atoms with Crippen molar-refractivity contribution >= 4 is 21.7 Å². The number of phenols is 1. The Labute approximate surface area is 100 Å². The molecule has 0 amide bonds. The van der Waals surface area contributed by atoms with Crippen LogP contribution in [0.4, 0.5) is 5.82 Å². The van der Waals surface area contributed by atoms with Crippen molar-refractivity contribution in [3.63, 3.8) is 0 Å². The van der Waals surface area contributed by atoms with E-state index in [2.05, 4.69) is 26.1 Å². The molecule has 0 radical (unpaired) electrons. The number of halogens is 1. The maximum Gasteiger partial charge on any atom is 0.168 e. The first-order valence-electron chi connectivity index (χ1n) is 4.50. The summed E-state index contributed by atoms with van der Waals surface area (Å²) in [6.07, 6.45) is 0. The minimum absolute atomic E-state index is 0.0422. The van der Waals surface area contributed by atoms with Crippen molar-refractivity contribution in [3.8, 4) is 22.8 Å². The predicted molar refractivity (Wildman–Crippen MR) is 64.4 cm³/mol. The van der Waals surface area contributed by atoms with Crippen LogP contribution in [-0.2, 0) is 0 Å². The highest BCUT2D eigenvalue weighted by Crippen LogP contribution is 2.41. The lowest BCUT2D eigenvalue weighted by molar-refractivity contribution is 0.374. The van der Waals surface area contributed by atoms with Gasteiger partial charge >= 0.3 is 0 Å². The number of nitrogen functional groups attached to an aromatic ring is 1. The van der Waals surface area contributed by atoms with Crippen LogP contribution in [-0.4, -0.2) is 22.4 Å². The number of aromatic hydroxyl groups is 1. The number of hydrogen-bond donors (Lipinski definition) is 3. The number of H-pyrrole nitrogens is 1. The van der Waals surface area contributed by atoms with Crippen LogP contribution in [0, 0.1) is 0 Å². The molecule has 16 heavy (non-hydrogen) atoms. The van der Waals surface area contributed by atoms with E-state index in [0.29, 0.717) is 22.8 Å². The van der Waals surface area contributed by atoms with Gasteiger partial charge in [0.05, 0.1) is 18.4 Å². The molecule has 0 atom stereocenters. The van der Waals surface area contributed by atoms with Gasteiger partial charge in [0.2, 0.25) is 0 Å². The number of rotatable bonds is 2. The second kappa shape index (κ2) is 4.05. The zero-order valence-electron chi connectivity index (χ0n) is 8.49. The van der Waals surface area contributed by atoms with Crippen LogP contribution in [0.2, 0.25) is 0 Å². The monoisotopic (exact) mass is 283 g/mol. The quantitative estimate of drug-likeness (QED) is 0.788. The normalized spacial score (nSPS) is 10.4. The predicted octanol–water partition coefficient (Wildman–Crippen LogP) is 2.14. The molecule has 5 nitrogen and oxygen atoms in total. The van der Waals surface area contributed by atoms with Gasteiger partial charge in [0, 0.05) is 10.5 Å². The first kappa shape index (κ1) is 10.8. The lowest BCUT2D eigenvalue weighted by atomic mass is 10.1. The van der Waals surface area contributed by atoms with Gasteiger partial charge < -0.3 is 15.6 Å². The number of anilines is 1. The van der Waals surface area contributed by atoms with Crippen LogP contribution in [0.3, 0.4) is 0 Å². The Morgan fingerprint density at radius 2 is 2.25 bits per heavy atom. The number of phenolic OH excluding ortho intramolecular Hbond substituents is 1. The summed E-state index contributed by atoms with van der Waals surface area (Å²) >= 11 is 3.35. The number of benzene rings is 1. The van der Waals surface area contributed by atoms with Gasteiger partial charge in [0.15, 0.2) is 11.5 Å². The molecular formula is C10H10BrN3O2. The molecule has 1 heterocycles. The van der Waals surface area contributed by atoms with Gasteiger partial charge in [-0.25, -0.2) is 0 Å². The van der Waals surface area contributed by atoms with E-state index in [9.17, 15) is 5.11 Å². The molecule has 0 aliphatic heterocycles. The minimum Gasteiger partial charge on any atom is -0.504 e. The van der Waals surface area contributed by atoms with Crippen molar-refractivity contribution in [2.45, 2.75) is 0 Å². The second-order valence-corrected chi connectivity index (χ2v) is 4.03. The second-order valence-electron chi connectivity index (χ2n) is 3.18. The molecule has 1 aromatic carbocycles. The van der Waals surface area contributed by atoms with Crippen molar-refractivity contribution in [2.75, 3.05) is 12.8 Å². The van der Waals surface area contributed by atoms with Gasteiger partial charge in [-0.3, -0.25) is 5.10 Å². The summed E-state index contributed by atoms with van der Waals surface area (Å²) in [5.74, 6) is 0.802. The number of hydrogen-bond acceptors (Lipinski definition) is 4. The number of methoxy groups -OCH3 is 1. The van der Waals surface area contributed by atoms with E-state index >= 15 is 0 Å². The van der Waals surface area contributed by atoms with E-state index < -0.39 is 0 Å². The Kier molecular flexibility index (Phi) is 2.74. The molecule has 4 N–H and O–H groups in total. The third kappa shape index (κ3) is 1.71. The molecule has 0 fully saturated rings. The summed E-state index contributed by atoms with van der Waals surface area (Å²) < 4.78 is 5.76. The molecule has 0 saturated carbocycles. The topological polar surface area (TPSA) is 84.2 Å². The van der Waals surface area contributed by atoms with Crippen LogP contribution in [0.5, 0.6) is 11.5 Å². The molecule has 0 unspecified atom stereocenters. The average molecular weight is 284 g/mol. The highest BCUT2D eigenvalue weighted by Gasteiger charge is 2.15. The maximum absolute atomic E-state index is 9.99. The Bertz CT molecular complexity index is 525. The molecule has 1 aromatic heterocycles. The van der Waals surface area contributed by atoms with Crippen molar-refractivity contribution in [3.05, 3.63) is 22.7 Å². The minimum atomic E-state index is 0.0422. The van der Waals surface area contributed by atoms with Crippen molar-refractivity contribution in [1.82, 2.24) is 10.2 Å². The summed E-state index contributed by atoms with van der Waals surface area (Å²) in [6, 6.07) is 5.09. The molecule has 2 rings (SSSR count). The highest BCUT2D eigenvalue weighted by atomic mass is 79.9. The van der Waals surface area contributed by atoms with Crippen molar-refractivity contribution in [1.29, 1.82) is 0 Å². The number of nitrogens with one attached hydrogen (secondary N) is 1. The fraction of sp³-hybridized carbons (Fsp3) is 0.100. The summed E-state index contributed by atoms with van der Waals surface area (Å²) in [5.41, 5.74) is 6.71. The zero-order valence-corrected chi connectivity index (χ0v) is 10.1. The Balaban J connectivity index is 2.63. The Morgan fingerprint density at radius 1 is 1.50 bits per heavy atom. The number of aromatic nitrogens is 2. The summed E-state index contributed by atoms with van der Waals surface area (Å²) in [5, 5.41) is 16.5. The third-order valence-electron chi connectivity index (χ3n) is 2.18. The third-order valence-corrected chi connectivity index (χ3v) is 2.84. The van der Waals surface area contributed by atoms with Crippen LogP contribution >= 0.6 is 15.9 Å². The molecule has 0 spiro atoms. The van der Waals surface area contributed by atoms with Gasteiger partial charge in [-0.2, -0.15) is 5.10 Å². The van der Waals surface area contributed by atoms with Gasteiger partial charge in [-0.1, -0.05) is 0 Å². The van der Waals surface area contributed by atoms with Crippen molar-refractivity contribution < 1.29 is 9.84 Å². The summed E-state index contributed by atoms with van der Waals surface area (Å²) in [4.78, 5) is 0. The number of ether oxygens (including phenoxy) is 1. The lowest BCUT2D eigenvalue weighted by Gasteiger charge is -2.09. The van der Waals surface area contributed by atoms with Crippen LogP contribution in [0.1, 0.15) is 0 Å². The van der Waals surface area contributed by atoms with Gasteiger partial charge in [0.1, 0.15) is 5.82 Å². The Morgan fingerprint density at radius 3 is 2.81 bits per heavy atom. The molecule has 84 valence electrons. The van der Waals surface area contributed by atoms with E-state index in [0.717, 1.165) is 4.47 Å². The van der Waals surface area contributed by atoms with E-state index in [1.54, 1.807) is 18.2 Å². The van der Waals surface area contributed by atoms with E-state index in [1.807, 2.05) is 0 Å². The fourth-order valence-electron chi connectivity index (χ4n) is 1.43. The highest BCUT2D eigenvalue weighted by molar-refractivity contribution is 9.10. The van der Waals surface area contributed by atoms with E-state index in [-0.39, 0.29) is 5.75 Å². The Hall–Kier alpha value is -1.69. The molecule has 6 heteroatoms. The van der Waals surface area contributed by atoms with Crippen LogP contribution in [0.25, 0.3) is 11.3 Å². The molecular weight excluding hydrogens is 274 g/mol. The van der Waals surface area contributed by atoms with E-state index in [4.69, 9.17) is 10.5 Å². The van der Waals surface area contributed by atoms with Gasteiger partial charge in [0.25, 0.3) is 0 Å². The first-order chi connectivity index (χ1) is 7.63. The number of aromatic amines is 1. The number of nitrogens with zero attached hydrogens (tertiary/aromatic N) is 1. The average Bonchev–Trinajstić information content (AvgIpc) is 2.65. The smallest absolute Gasteiger partial charge is 0.168 e. The molecule has 0 aliphatic rings.